The highest BCUT2D eigenvalue weighted by Gasteiger charge is 2.23. The topological polar surface area (TPSA) is 50.8 Å². The van der Waals surface area contributed by atoms with Crippen molar-refractivity contribution in [1.82, 2.24) is 10.2 Å². The lowest BCUT2D eigenvalue weighted by atomic mass is 10.0. The number of nitrogens with one attached hydrogen (secondary N) is 1. The molecule has 1 aliphatic rings. The van der Waals surface area contributed by atoms with Crippen LogP contribution in [0.1, 0.15) is 22.0 Å². The van der Waals surface area contributed by atoms with E-state index >= 15 is 0 Å². The zero-order valence-electron chi connectivity index (χ0n) is 15.1. The first-order valence-electron chi connectivity index (χ1n) is 8.77. The molecule has 1 aliphatic heterocycles. The van der Waals surface area contributed by atoms with Crippen LogP contribution in [0.3, 0.4) is 0 Å². The Balaban J connectivity index is 1.75. The van der Waals surface area contributed by atoms with Crippen molar-refractivity contribution in [2.75, 3.05) is 40.0 Å². The van der Waals surface area contributed by atoms with Crippen molar-refractivity contribution in [2.45, 2.75) is 6.04 Å². The molecule has 1 atom stereocenters. The zero-order valence-corrected chi connectivity index (χ0v) is 16.6. The molecule has 2 aromatic carbocycles. The van der Waals surface area contributed by atoms with E-state index in [4.69, 9.17) is 32.7 Å². The number of morpholine rings is 1. The summed E-state index contributed by atoms with van der Waals surface area (Å²) in [6, 6.07) is 12.8. The van der Waals surface area contributed by atoms with Crippen molar-refractivity contribution in [3.05, 3.63) is 63.6 Å². The number of rotatable bonds is 6. The second kappa shape index (κ2) is 9.42. The number of carbonyl (C=O) groups is 1. The molecule has 1 heterocycles. The van der Waals surface area contributed by atoms with E-state index < -0.39 is 0 Å². The Labute approximate surface area is 169 Å². The van der Waals surface area contributed by atoms with Gasteiger partial charge in [0.2, 0.25) is 0 Å². The summed E-state index contributed by atoms with van der Waals surface area (Å²) in [4.78, 5) is 14.9. The van der Waals surface area contributed by atoms with Crippen molar-refractivity contribution in [3.8, 4) is 5.75 Å². The fraction of sp³-hybridized carbons (Fsp3) is 0.350. The quantitative estimate of drug-likeness (QED) is 0.789. The van der Waals surface area contributed by atoms with Gasteiger partial charge in [-0.15, -0.1) is 0 Å². The van der Waals surface area contributed by atoms with Crippen molar-refractivity contribution >= 4 is 29.1 Å². The van der Waals surface area contributed by atoms with Crippen LogP contribution in [0, 0.1) is 0 Å². The van der Waals surface area contributed by atoms with E-state index in [2.05, 4.69) is 10.2 Å². The number of amides is 1. The summed E-state index contributed by atoms with van der Waals surface area (Å²) >= 11 is 12.0. The Morgan fingerprint density at radius 1 is 1.15 bits per heavy atom. The molecule has 27 heavy (non-hydrogen) atoms. The lowest BCUT2D eigenvalue weighted by Crippen LogP contribution is -2.43. The van der Waals surface area contributed by atoms with Crippen LogP contribution in [0.15, 0.2) is 42.5 Å². The maximum Gasteiger partial charge on any atom is 0.251 e. The van der Waals surface area contributed by atoms with Crippen molar-refractivity contribution in [1.29, 1.82) is 0 Å². The molecule has 3 rings (SSSR count). The van der Waals surface area contributed by atoms with Gasteiger partial charge < -0.3 is 14.8 Å². The summed E-state index contributed by atoms with van der Waals surface area (Å²) < 4.78 is 10.7. The van der Waals surface area contributed by atoms with Crippen LogP contribution in [0.2, 0.25) is 10.0 Å². The van der Waals surface area contributed by atoms with E-state index in [0.29, 0.717) is 35.4 Å². The molecule has 1 N–H and O–H groups in total. The Bertz CT molecular complexity index is 757. The average molecular weight is 409 g/mol. The molecule has 144 valence electrons. The van der Waals surface area contributed by atoms with Gasteiger partial charge in [0.25, 0.3) is 5.91 Å². The van der Waals surface area contributed by atoms with Crippen LogP contribution in [0.5, 0.6) is 5.75 Å². The maximum atomic E-state index is 12.6. The van der Waals surface area contributed by atoms with Crippen LogP contribution < -0.4 is 10.1 Å². The van der Waals surface area contributed by atoms with Gasteiger partial charge in [0.1, 0.15) is 5.75 Å². The average Bonchev–Trinajstić information content (AvgIpc) is 2.68. The first kappa shape index (κ1) is 20.0. The fourth-order valence-electron chi connectivity index (χ4n) is 3.15. The van der Waals surface area contributed by atoms with E-state index in [1.54, 1.807) is 25.3 Å². The summed E-state index contributed by atoms with van der Waals surface area (Å²) in [5.41, 5.74) is 1.56. The fourth-order valence-corrected chi connectivity index (χ4v) is 3.68. The number of hydrogen-bond donors (Lipinski definition) is 1. The Kier molecular flexibility index (Phi) is 6.96. The van der Waals surface area contributed by atoms with E-state index in [1.807, 2.05) is 24.3 Å². The molecule has 1 amide bonds. The summed E-state index contributed by atoms with van der Waals surface area (Å²) in [7, 11) is 1.64. The molecular weight excluding hydrogens is 387 g/mol. The summed E-state index contributed by atoms with van der Waals surface area (Å²) in [6.07, 6.45) is 0. The number of hydrogen-bond acceptors (Lipinski definition) is 4. The number of carbonyl (C=O) groups excluding carboxylic acids is 1. The predicted octanol–water partition coefficient (Wildman–Crippen LogP) is 3.81. The lowest BCUT2D eigenvalue weighted by Gasteiger charge is -2.35. The van der Waals surface area contributed by atoms with E-state index in [0.717, 1.165) is 24.4 Å². The lowest BCUT2D eigenvalue weighted by molar-refractivity contribution is 0.0162. The van der Waals surface area contributed by atoms with Gasteiger partial charge in [0, 0.05) is 35.2 Å². The number of halogens is 2. The molecule has 0 aliphatic carbocycles. The summed E-state index contributed by atoms with van der Waals surface area (Å²) in [5, 5.41) is 3.88. The van der Waals surface area contributed by atoms with Crippen LogP contribution >= 0.6 is 23.2 Å². The van der Waals surface area contributed by atoms with Gasteiger partial charge >= 0.3 is 0 Å². The molecule has 1 saturated heterocycles. The molecule has 5 nitrogen and oxygen atoms in total. The SMILES string of the molecule is COc1ccc([C@@H](CNC(=O)c2cc(Cl)cc(Cl)c2)N2CCOCC2)cc1. The second-order valence-corrected chi connectivity index (χ2v) is 7.18. The molecule has 0 radical (unpaired) electrons. The largest absolute Gasteiger partial charge is 0.497 e. The Hall–Kier alpha value is -1.79. The molecule has 0 spiro atoms. The van der Waals surface area contributed by atoms with Crippen LogP contribution in [-0.4, -0.2) is 50.8 Å². The van der Waals surface area contributed by atoms with Crippen LogP contribution in [-0.2, 0) is 4.74 Å². The highest BCUT2D eigenvalue weighted by atomic mass is 35.5. The number of methoxy groups -OCH3 is 1. The first-order chi connectivity index (χ1) is 13.1. The Morgan fingerprint density at radius 2 is 1.78 bits per heavy atom. The summed E-state index contributed by atoms with van der Waals surface area (Å²) in [5.74, 6) is 0.600. The number of benzene rings is 2. The highest BCUT2D eigenvalue weighted by molar-refractivity contribution is 6.35. The molecule has 2 aromatic rings. The van der Waals surface area contributed by atoms with Crippen LogP contribution in [0.4, 0.5) is 0 Å². The minimum Gasteiger partial charge on any atom is -0.497 e. The van der Waals surface area contributed by atoms with E-state index in [1.165, 1.54) is 0 Å². The molecule has 7 heteroatoms. The third-order valence-corrected chi connectivity index (χ3v) is 5.00. The Morgan fingerprint density at radius 3 is 2.37 bits per heavy atom. The van der Waals surface area contributed by atoms with Gasteiger partial charge in [-0.05, 0) is 35.9 Å². The van der Waals surface area contributed by atoms with Crippen molar-refractivity contribution in [2.24, 2.45) is 0 Å². The second-order valence-electron chi connectivity index (χ2n) is 6.31. The van der Waals surface area contributed by atoms with Gasteiger partial charge in [0.15, 0.2) is 0 Å². The van der Waals surface area contributed by atoms with Crippen molar-refractivity contribution < 1.29 is 14.3 Å². The van der Waals surface area contributed by atoms with Gasteiger partial charge in [-0.2, -0.15) is 0 Å². The maximum absolute atomic E-state index is 12.6. The molecule has 0 bridgehead atoms. The number of nitrogens with zero attached hydrogens (tertiary/aromatic N) is 1. The molecular formula is C20H22Cl2N2O3. The minimum absolute atomic E-state index is 0.0402. The highest BCUT2D eigenvalue weighted by Crippen LogP contribution is 2.24. The van der Waals surface area contributed by atoms with Gasteiger partial charge in [-0.25, -0.2) is 0 Å². The standard InChI is InChI=1S/C20H22Cl2N2O3/c1-26-18-4-2-14(3-5-18)19(24-6-8-27-9-7-24)13-23-20(25)15-10-16(21)12-17(22)11-15/h2-5,10-12,19H,6-9,13H2,1H3,(H,23,25)/t19-/m1/s1. The zero-order chi connectivity index (χ0) is 19.2. The van der Waals surface area contributed by atoms with Crippen molar-refractivity contribution in [3.63, 3.8) is 0 Å². The third-order valence-electron chi connectivity index (χ3n) is 4.57. The normalized spacial score (nSPS) is 16.0. The van der Waals surface area contributed by atoms with Gasteiger partial charge in [-0.3, -0.25) is 9.69 Å². The van der Waals surface area contributed by atoms with E-state index in [9.17, 15) is 4.79 Å². The third kappa shape index (κ3) is 5.36. The monoisotopic (exact) mass is 408 g/mol. The molecule has 1 fully saturated rings. The molecule has 0 aromatic heterocycles. The molecule has 0 saturated carbocycles. The first-order valence-corrected chi connectivity index (χ1v) is 9.52. The van der Waals surface area contributed by atoms with Gasteiger partial charge in [0.05, 0.1) is 26.4 Å². The smallest absolute Gasteiger partial charge is 0.251 e. The molecule has 0 unspecified atom stereocenters. The van der Waals surface area contributed by atoms with Crippen LogP contribution in [0.25, 0.3) is 0 Å². The van der Waals surface area contributed by atoms with E-state index in [-0.39, 0.29) is 11.9 Å². The predicted molar refractivity (Wildman–Crippen MR) is 107 cm³/mol. The number of ether oxygens (including phenoxy) is 2. The van der Waals surface area contributed by atoms with Gasteiger partial charge in [-0.1, -0.05) is 35.3 Å². The summed E-state index contributed by atoms with van der Waals surface area (Å²) in [6.45, 7) is 3.47. The minimum atomic E-state index is -0.203.